The molecule has 1 heterocycles. The van der Waals surface area contributed by atoms with E-state index in [1.165, 1.54) is 0 Å². The Hall–Kier alpha value is -2.01. The van der Waals surface area contributed by atoms with Crippen LogP contribution in [0.4, 0.5) is 4.79 Å². The summed E-state index contributed by atoms with van der Waals surface area (Å²) >= 11 is 6.08. The SMILES string of the molecule is CC(C)CN(Cc1nccn1Cc1cccc(Cl)c1)C(=O)NC(C)(C)C. The van der Waals surface area contributed by atoms with Gasteiger partial charge in [-0.2, -0.15) is 0 Å². The van der Waals surface area contributed by atoms with Gasteiger partial charge in [0.25, 0.3) is 0 Å². The average Bonchev–Trinajstić information content (AvgIpc) is 2.91. The van der Waals surface area contributed by atoms with Crippen LogP contribution in [-0.4, -0.2) is 32.6 Å². The van der Waals surface area contributed by atoms with Gasteiger partial charge < -0.3 is 14.8 Å². The molecule has 1 N–H and O–H groups in total. The van der Waals surface area contributed by atoms with Crippen molar-refractivity contribution in [3.63, 3.8) is 0 Å². The van der Waals surface area contributed by atoms with E-state index in [4.69, 9.17) is 11.6 Å². The second-order valence-electron chi connectivity index (χ2n) is 8.06. The van der Waals surface area contributed by atoms with Gasteiger partial charge in [0.05, 0.1) is 6.54 Å². The smallest absolute Gasteiger partial charge is 0.318 e. The highest BCUT2D eigenvalue weighted by molar-refractivity contribution is 6.30. The Balaban J connectivity index is 2.15. The molecule has 0 fully saturated rings. The number of hydrogen-bond acceptors (Lipinski definition) is 2. The van der Waals surface area contributed by atoms with Crippen LogP contribution in [0.3, 0.4) is 0 Å². The molecule has 2 amide bonds. The summed E-state index contributed by atoms with van der Waals surface area (Å²) in [7, 11) is 0. The van der Waals surface area contributed by atoms with Crippen molar-refractivity contribution in [1.82, 2.24) is 19.8 Å². The summed E-state index contributed by atoms with van der Waals surface area (Å²) in [6.45, 7) is 12.0. The summed E-state index contributed by atoms with van der Waals surface area (Å²) < 4.78 is 2.06. The number of carbonyl (C=O) groups excluding carboxylic acids is 1. The lowest BCUT2D eigenvalue weighted by Gasteiger charge is -2.29. The first-order chi connectivity index (χ1) is 12.1. The Labute approximate surface area is 161 Å². The molecule has 0 unspecified atom stereocenters. The molecule has 2 aromatic rings. The topological polar surface area (TPSA) is 50.2 Å². The molecule has 142 valence electrons. The number of aromatic nitrogens is 2. The van der Waals surface area contributed by atoms with Crippen molar-refractivity contribution in [3.05, 3.63) is 53.1 Å². The molecule has 5 nitrogen and oxygen atoms in total. The maximum absolute atomic E-state index is 12.7. The van der Waals surface area contributed by atoms with Gasteiger partial charge in [-0.3, -0.25) is 0 Å². The molecule has 6 heteroatoms. The Morgan fingerprint density at radius 3 is 2.69 bits per heavy atom. The van der Waals surface area contributed by atoms with E-state index in [1.54, 1.807) is 6.20 Å². The normalized spacial score (nSPS) is 11.7. The van der Waals surface area contributed by atoms with E-state index in [2.05, 4.69) is 28.7 Å². The molecule has 0 spiro atoms. The second kappa shape index (κ2) is 8.58. The molecular formula is C20H29ClN4O. The summed E-state index contributed by atoms with van der Waals surface area (Å²) in [5, 5.41) is 3.76. The molecule has 0 aliphatic heterocycles. The fourth-order valence-corrected chi connectivity index (χ4v) is 2.91. The third kappa shape index (κ3) is 6.37. The van der Waals surface area contributed by atoms with E-state index in [0.717, 1.165) is 16.4 Å². The van der Waals surface area contributed by atoms with Gasteiger partial charge in [0.2, 0.25) is 0 Å². The summed E-state index contributed by atoms with van der Waals surface area (Å²) in [6, 6.07) is 7.72. The van der Waals surface area contributed by atoms with Crippen LogP contribution in [0.25, 0.3) is 0 Å². The Bertz CT molecular complexity index is 733. The van der Waals surface area contributed by atoms with Crippen molar-refractivity contribution in [3.8, 4) is 0 Å². The minimum absolute atomic E-state index is 0.0662. The largest absolute Gasteiger partial charge is 0.333 e. The third-order valence-corrected chi connectivity index (χ3v) is 3.97. The monoisotopic (exact) mass is 376 g/mol. The molecule has 26 heavy (non-hydrogen) atoms. The first kappa shape index (κ1) is 20.3. The summed E-state index contributed by atoms with van der Waals surface area (Å²) in [5.74, 6) is 1.23. The van der Waals surface area contributed by atoms with E-state index in [0.29, 0.717) is 25.6 Å². The van der Waals surface area contributed by atoms with Gasteiger partial charge >= 0.3 is 6.03 Å². The number of imidazole rings is 1. The lowest BCUT2D eigenvalue weighted by Crippen LogP contribution is -2.49. The van der Waals surface area contributed by atoms with E-state index < -0.39 is 0 Å². The van der Waals surface area contributed by atoms with Gasteiger partial charge in [-0.05, 0) is 44.4 Å². The highest BCUT2D eigenvalue weighted by Gasteiger charge is 2.22. The van der Waals surface area contributed by atoms with Crippen molar-refractivity contribution in [2.75, 3.05) is 6.54 Å². The lowest BCUT2D eigenvalue weighted by molar-refractivity contribution is 0.177. The van der Waals surface area contributed by atoms with Gasteiger partial charge in [0.1, 0.15) is 5.82 Å². The average molecular weight is 377 g/mol. The van der Waals surface area contributed by atoms with Gasteiger partial charge in [0, 0.05) is 36.0 Å². The zero-order chi connectivity index (χ0) is 19.3. The number of nitrogens with zero attached hydrogens (tertiary/aromatic N) is 3. The molecule has 0 atom stereocenters. The maximum atomic E-state index is 12.7. The van der Waals surface area contributed by atoms with E-state index in [1.807, 2.05) is 56.1 Å². The molecule has 1 aromatic carbocycles. The standard InChI is InChI=1S/C20H29ClN4O/c1-15(2)12-25(19(26)23-20(3,4)5)14-18-22-9-10-24(18)13-16-7-6-8-17(21)11-16/h6-11,15H,12-14H2,1-5H3,(H,23,26). The number of benzene rings is 1. The zero-order valence-electron chi connectivity index (χ0n) is 16.3. The Kier molecular flexibility index (Phi) is 6.70. The van der Waals surface area contributed by atoms with Crippen molar-refractivity contribution in [2.24, 2.45) is 5.92 Å². The van der Waals surface area contributed by atoms with Crippen molar-refractivity contribution in [1.29, 1.82) is 0 Å². The minimum atomic E-state index is -0.275. The van der Waals surface area contributed by atoms with Gasteiger partial charge in [0.15, 0.2) is 0 Å². The Morgan fingerprint density at radius 2 is 2.08 bits per heavy atom. The number of rotatable bonds is 6. The van der Waals surface area contributed by atoms with Crippen LogP contribution >= 0.6 is 11.6 Å². The van der Waals surface area contributed by atoms with E-state index in [9.17, 15) is 4.79 Å². The fraction of sp³-hybridized carbons (Fsp3) is 0.500. The molecule has 0 saturated carbocycles. The van der Waals surface area contributed by atoms with Crippen LogP contribution in [0.15, 0.2) is 36.7 Å². The van der Waals surface area contributed by atoms with Crippen LogP contribution in [0.2, 0.25) is 5.02 Å². The van der Waals surface area contributed by atoms with Gasteiger partial charge in [-0.1, -0.05) is 37.6 Å². The van der Waals surface area contributed by atoms with E-state index >= 15 is 0 Å². The van der Waals surface area contributed by atoms with Gasteiger partial charge in [-0.15, -0.1) is 0 Å². The third-order valence-electron chi connectivity index (χ3n) is 3.73. The number of urea groups is 1. The number of hydrogen-bond donors (Lipinski definition) is 1. The van der Waals surface area contributed by atoms with Crippen LogP contribution in [-0.2, 0) is 13.1 Å². The highest BCUT2D eigenvalue weighted by atomic mass is 35.5. The summed E-state index contributed by atoms with van der Waals surface area (Å²) in [6.07, 6.45) is 3.71. The first-order valence-electron chi connectivity index (χ1n) is 8.95. The second-order valence-corrected chi connectivity index (χ2v) is 8.49. The molecule has 0 saturated heterocycles. The van der Waals surface area contributed by atoms with Crippen molar-refractivity contribution < 1.29 is 4.79 Å². The molecule has 1 aromatic heterocycles. The maximum Gasteiger partial charge on any atom is 0.318 e. The molecule has 0 aliphatic rings. The van der Waals surface area contributed by atoms with Crippen LogP contribution < -0.4 is 5.32 Å². The molecular weight excluding hydrogens is 348 g/mol. The predicted molar refractivity (Wildman–Crippen MR) is 106 cm³/mol. The predicted octanol–water partition coefficient (Wildman–Crippen LogP) is 4.55. The summed E-state index contributed by atoms with van der Waals surface area (Å²) in [4.78, 5) is 19.0. The number of halogens is 1. The zero-order valence-corrected chi connectivity index (χ0v) is 17.0. The molecule has 2 rings (SSSR count). The minimum Gasteiger partial charge on any atom is -0.333 e. The number of carbonyl (C=O) groups is 1. The lowest BCUT2D eigenvalue weighted by atomic mass is 10.1. The number of nitrogens with one attached hydrogen (secondary N) is 1. The highest BCUT2D eigenvalue weighted by Crippen LogP contribution is 2.14. The van der Waals surface area contributed by atoms with Gasteiger partial charge in [-0.25, -0.2) is 9.78 Å². The van der Waals surface area contributed by atoms with Crippen LogP contribution in [0.5, 0.6) is 0 Å². The van der Waals surface area contributed by atoms with Crippen LogP contribution in [0, 0.1) is 5.92 Å². The first-order valence-corrected chi connectivity index (χ1v) is 9.33. The van der Waals surface area contributed by atoms with Crippen LogP contribution in [0.1, 0.15) is 46.0 Å². The van der Waals surface area contributed by atoms with E-state index in [-0.39, 0.29) is 11.6 Å². The number of amides is 2. The molecule has 0 bridgehead atoms. The van der Waals surface area contributed by atoms with Crippen molar-refractivity contribution >= 4 is 17.6 Å². The fourth-order valence-electron chi connectivity index (χ4n) is 2.70. The quantitative estimate of drug-likeness (QED) is 0.803. The van der Waals surface area contributed by atoms with Crippen molar-refractivity contribution in [2.45, 2.75) is 53.2 Å². The molecule has 0 radical (unpaired) electrons. The summed E-state index contributed by atoms with van der Waals surface area (Å²) in [5.41, 5.74) is 0.828. The molecule has 0 aliphatic carbocycles. The Morgan fingerprint density at radius 1 is 1.35 bits per heavy atom.